The lowest BCUT2D eigenvalue weighted by Crippen LogP contribution is -2.66. The Morgan fingerprint density at radius 2 is 0.906 bits per heavy atom. The number of aliphatic hydroxyl groups excluding tert-OH is 1. The second kappa shape index (κ2) is 11.4. The molecule has 0 saturated heterocycles. The summed E-state index contributed by atoms with van der Waals surface area (Å²) in [5, 5.41) is 10.5. The molecule has 0 unspecified atom stereocenters. The van der Waals surface area contributed by atoms with Crippen LogP contribution in [0.3, 0.4) is 0 Å². The summed E-state index contributed by atoms with van der Waals surface area (Å²) in [6.45, 7) is 1.45. The van der Waals surface area contributed by atoms with Crippen LogP contribution < -0.4 is 0 Å². The van der Waals surface area contributed by atoms with Crippen LogP contribution >= 0.6 is 31.3 Å². The first-order valence-corrected chi connectivity index (χ1v) is 14.6. The number of phosphoric ester groups is 4. The number of rotatable bonds is 12. The van der Waals surface area contributed by atoms with Crippen LogP contribution in [0.4, 0.5) is 0 Å². The number of hydrogen-bond donors (Lipinski definition) is 9. The lowest BCUT2D eigenvalue weighted by molar-refractivity contribution is -0.222. The van der Waals surface area contributed by atoms with Crippen LogP contribution in [0.2, 0.25) is 0 Å². The van der Waals surface area contributed by atoms with Gasteiger partial charge >= 0.3 is 31.3 Å². The fourth-order valence-electron chi connectivity index (χ4n) is 2.81. The Labute approximate surface area is 180 Å². The van der Waals surface area contributed by atoms with E-state index in [1.807, 2.05) is 0 Å². The van der Waals surface area contributed by atoms with Crippen LogP contribution in [0.1, 0.15) is 19.8 Å². The Bertz CT molecular complexity index is 794. The maximum absolute atomic E-state index is 11.4. The van der Waals surface area contributed by atoms with Crippen molar-refractivity contribution >= 4 is 31.3 Å². The standard InChI is InChI=1S/C10H24O18P4/c1-2-3-4-24-6-5(11)7(25-29(12,13)14)9(27-31(18,19)20)10(28-32(21,22)23)8(6)26-30(15,16)17/h5-11H,2-4H2,1H3,(H2,12,13,14)(H2,15,16,17)(H2,18,19,20)(H2,21,22,23)/t5-,6+,7+,8+,9-,10-/m0/s1. The minimum Gasteiger partial charge on any atom is -0.387 e. The number of aliphatic hydroxyl groups is 1. The summed E-state index contributed by atoms with van der Waals surface area (Å²) in [5.74, 6) is 0. The Morgan fingerprint density at radius 1 is 0.594 bits per heavy atom. The van der Waals surface area contributed by atoms with Crippen LogP contribution in [-0.4, -0.2) is 87.5 Å². The van der Waals surface area contributed by atoms with Crippen molar-refractivity contribution in [1.82, 2.24) is 0 Å². The van der Waals surface area contributed by atoms with Gasteiger partial charge in [0.15, 0.2) is 0 Å². The molecule has 0 aromatic heterocycles. The molecule has 0 aliphatic heterocycles. The van der Waals surface area contributed by atoms with E-state index in [1.54, 1.807) is 6.92 Å². The molecule has 0 heterocycles. The predicted molar refractivity (Wildman–Crippen MR) is 98.3 cm³/mol. The van der Waals surface area contributed by atoms with Gasteiger partial charge in [0.25, 0.3) is 0 Å². The van der Waals surface area contributed by atoms with E-state index in [4.69, 9.17) is 24.3 Å². The van der Waals surface area contributed by atoms with E-state index in [0.717, 1.165) is 0 Å². The largest absolute Gasteiger partial charge is 0.470 e. The lowest BCUT2D eigenvalue weighted by Gasteiger charge is -2.47. The molecule has 192 valence electrons. The average molecular weight is 556 g/mol. The lowest BCUT2D eigenvalue weighted by atomic mass is 9.85. The third-order valence-electron chi connectivity index (χ3n) is 3.81. The van der Waals surface area contributed by atoms with Gasteiger partial charge in [-0.1, -0.05) is 13.3 Å². The highest BCUT2D eigenvalue weighted by Gasteiger charge is 2.59. The van der Waals surface area contributed by atoms with Gasteiger partial charge in [0.2, 0.25) is 0 Å². The van der Waals surface area contributed by atoms with Crippen molar-refractivity contribution in [3.63, 3.8) is 0 Å². The molecule has 0 bridgehead atoms. The molecule has 32 heavy (non-hydrogen) atoms. The quantitative estimate of drug-likeness (QED) is 0.0971. The highest BCUT2D eigenvalue weighted by Crippen LogP contribution is 2.53. The van der Waals surface area contributed by atoms with E-state index in [0.29, 0.717) is 6.42 Å². The SMILES string of the molecule is CCCCO[C@@H]1[C@H](O)[C@@H](OP(=O)(O)O)[C@H](OP(=O)(O)O)[C@@H](OP(=O)(O)O)[C@@H]1OP(=O)(O)O. The number of unbranched alkanes of at least 4 members (excludes halogenated alkanes) is 1. The fraction of sp³-hybridized carbons (Fsp3) is 1.00. The molecule has 22 heteroatoms. The van der Waals surface area contributed by atoms with Crippen molar-refractivity contribution in [2.45, 2.75) is 56.4 Å². The molecular weight excluding hydrogens is 532 g/mol. The van der Waals surface area contributed by atoms with E-state index in [2.05, 4.69) is 18.1 Å². The topological polar surface area (TPSA) is 296 Å². The van der Waals surface area contributed by atoms with Gasteiger partial charge in [-0.3, -0.25) is 18.1 Å². The molecule has 1 aliphatic rings. The summed E-state index contributed by atoms with van der Waals surface area (Å²) in [5.41, 5.74) is 0. The zero-order valence-corrected chi connectivity index (χ0v) is 19.7. The van der Waals surface area contributed by atoms with Gasteiger partial charge in [-0.25, -0.2) is 18.3 Å². The van der Waals surface area contributed by atoms with Crippen molar-refractivity contribution in [3.05, 3.63) is 0 Å². The van der Waals surface area contributed by atoms with E-state index in [9.17, 15) is 42.9 Å². The molecule has 1 aliphatic carbocycles. The third-order valence-corrected chi connectivity index (χ3v) is 5.88. The van der Waals surface area contributed by atoms with Gasteiger partial charge in [0.05, 0.1) is 0 Å². The van der Waals surface area contributed by atoms with Gasteiger partial charge in [0.1, 0.15) is 36.6 Å². The maximum atomic E-state index is 11.4. The summed E-state index contributed by atoms with van der Waals surface area (Å²) >= 11 is 0. The van der Waals surface area contributed by atoms with Gasteiger partial charge < -0.3 is 49.0 Å². The smallest absolute Gasteiger partial charge is 0.387 e. The third kappa shape index (κ3) is 10.7. The number of phosphoric acid groups is 4. The van der Waals surface area contributed by atoms with Crippen molar-refractivity contribution in [1.29, 1.82) is 0 Å². The summed E-state index contributed by atoms with van der Waals surface area (Å²) in [4.78, 5) is 73.2. The van der Waals surface area contributed by atoms with E-state index < -0.39 is 67.9 Å². The van der Waals surface area contributed by atoms with Crippen molar-refractivity contribution in [2.24, 2.45) is 0 Å². The Kier molecular flexibility index (Phi) is 10.8. The number of ether oxygens (including phenoxy) is 1. The molecule has 1 rings (SSSR count). The molecule has 0 aromatic rings. The summed E-state index contributed by atoms with van der Waals surface area (Å²) in [6, 6.07) is 0. The van der Waals surface area contributed by atoms with E-state index in [1.165, 1.54) is 0 Å². The Hall–Kier alpha value is 0.360. The van der Waals surface area contributed by atoms with E-state index in [-0.39, 0.29) is 13.0 Å². The van der Waals surface area contributed by atoms with E-state index >= 15 is 0 Å². The monoisotopic (exact) mass is 556 g/mol. The Balaban J connectivity index is 3.63. The second-order valence-corrected chi connectivity index (χ2v) is 11.2. The second-order valence-electron chi connectivity index (χ2n) is 6.42. The van der Waals surface area contributed by atoms with Crippen molar-refractivity contribution < 1.29 is 85.3 Å². The summed E-state index contributed by atoms with van der Waals surface area (Å²) in [6.07, 6.45) is -13.7. The summed E-state index contributed by atoms with van der Waals surface area (Å²) in [7, 11) is -22.4. The highest BCUT2D eigenvalue weighted by molar-refractivity contribution is 7.47. The minimum absolute atomic E-state index is 0.255. The zero-order valence-electron chi connectivity index (χ0n) is 16.1. The number of hydrogen-bond acceptors (Lipinski definition) is 10. The molecule has 18 nitrogen and oxygen atoms in total. The van der Waals surface area contributed by atoms with Gasteiger partial charge in [-0.15, -0.1) is 0 Å². The normalized spacial score (nSPS) is 30.4. The molecule has 9 N–H and O–H groups in total. The fourth-order valence-corrected chi connectivity index (χ4v) is 5.04. The predicted octanol–water partition coefficient (Wildman–Crippen LogP) is -1.54. The zero-order chi connectivity index (χ0) is 25.1. The molecule has 0 spiro atoms. The van der Waals surface area contributed by atoms with Gasteiger partial charge in [0, 0.05) is 6.61 Å². The van der Waals surface area contributed by atoms with Crippen LogP contribution in [0.25, 0.3) is 0 Å². The van der Waals surface area contributed by atoms with Gasteiger partial charge in [-0.2, -0.15) is 0 Å². The molecule has 0 aromatic carbocycles. The molecule has 1 fully saturated rings. The van der Waals surface area contributed by atoms with Crippen LogP contribution in [0, 0.1) is 0 Å². The molecule has 6 atom stereocenters. The minimum atomic E-state index is -5.66. The molecule has 1 saturated carbocycles. The van der Waals surface area contributed by atoms with Crippen LogP contribution in [0.5, 0.6) is 0 Å². The Morgan fingerprint density at radius 3 is 1.25 bits per heavy atom. The van der Waals surface area contributed by atoms with Crippen LogP contribution in [0.15, 0.2) is 0 Å². The first-order chi connectivity index (χ1) is 14.2. The first kappa shape index (κ1) is 30.4. The molecular formula is C10H24O18P4. The molecule has 0 radical (unpaired) electrons. The van der Waals surface area contributed by atoms with Crippen molar-refractivity contribution in [3.8, 4) is 0 Å². The van der Waals surface area contributed by atoms with Crippen molar-refractivity contribution in [2.75, 3.05) is 6.61 Å². The van der Waals surface area contributed by atoms with Crippen LogP contribution in [-0.2, 0) is 41.1 Å². The summed E-state index contributed by atoms with van der Waals surface area (Å²) < 4.78 is 68.1. The van der Waals surface area contributed by atoms with Gasteiger partial charge in [-0.05, 0) is 6.42 Å². The maximum Gasteiger partial charge on any atom is 0.470 e. The highest BCUT2D eigenvalue weighted by atomic mass is 31.2. The average Bonchev–Trinajstić information content (AvgIpc) is 2.53. The molecule has 0 amide bonds. The first-order valence-electron chi connectivity index (χ1n) is 8.49.